The fourth-order valence-corrected chi connectivity index (χ4v) is 1.82. The molecule has 0 saturated heterocycles. The zero-order valence-corrected chi connectivity index (χ0v) is 12.1. The molecule has 0 aliphatic heterocycles. The average Bonchev–Trinajstić information content (AvgIpc) is 2.69. The summed E-state index contributed by atoms with van der Waals surface area (Å²) < 4.78 is 1.93. The molecule has 3 N–H and O–H groups in total. The van der Waals surface area contributed by atoms with E-state index in [-0.39, 0.29) is 18.7 Å². The Hall–Kier alpha value is -1.56. The van der Waals surface area contributed by atoms with Gasteiger partial charge in [-0.15, -0.1) is 0 Å². The molecule has 1 aromatic rings. The highest BCUT2D eigenvalue weighted by atomic mass is 16.3. The van der Waals surface area contributed by atoms with Gasteiger partial charge < -0.3 is 15.7 Å². The van der Waals surface area contributed by atoms with Gasteiger partial charge in [-0.3, -0.25) is 4.68 Å². The summed E-state index contributed by atoms with van der Waals surface area (Å²) >= 11 is 0. The summed E-state index contributed by atoms with van der Waals surface area (Å²) in [6.07, 6.45) is 2.47. The minimum atomic E-state index is -0.319. The van der Waals surface area contributed by atoms with Crippen molar-refractivity contribution < 1.29 is 9.90 Å². The minimum Gasteiger partial charge on any atom is -0.394 e. The lowest BCUT2D eigenvalue weighted by Crippen LogP contribution is -2.38. The van der Waals surface area contributed by atoms with E-state index < -0.39 is 0 Å². The lowest BCUT2D eigenvalue weighted by atomic mass is 10.2. The summed E-state index contributed by atoms with van der Waals surface area (Å²) in [5, 5.41) is 18.6. The number of aliphatic hydroxyl groups is 1. The molecule has 1 aromatic heterocycles. The summed E-state index contributed by atoms with van der Waals surface area (Å²) in [6, 6.07) is -0.587. The minimum absolute atomic E-state index is 0.0827. The fraction of sp³-hybridized carbons (Fsp3) is 0.692. The average molecular weight is 268 g/mol. The van der Waals surface area contributed by atoms with Crippen molar-refractivity contribution >= 4 is 11.7 Å². The number of hydrogen-bond donors (Lipinski definition) is 3. The maximum Gasteiger partial charge on any atom is 0.319 e. The van der Waals surface area contributed by atoms with Crippen LogP contribution in [-0.2, 0) is 13.0 Å². The molecule has 1 atom stereocenters. The zero-order chi connectivity index (χ0) is 14.4. The van der Waals surface area contributed by atoms with Crippen molar-refractivity contribution in [1.29, 1.82) is 0 Å². The van der Waals surface area contributed by atoms with Crippen LogP contribution in [0.5, 0.6) is 0 Å². The van der Waals surface area contributed by atoms with Crippen LogP contribution in [-0.4, -0.2) is 33.6 Å². The molecule has 1 rings (SSSR count). The van der Waals surface area contributed by atoms with Crippen LogP contribution in [0.15, 0.2) is 6.20 Å². The van der Waals surface area contributed by atoms with Gasteiger partial charge >= 0.3 is 6.03 Å². The van der Waals surface area contributed by atoms with E-state index in [2.05, 4.69) is 29.6 Å². The predicted octanol–water partition coefficient (Wildman–Crippen LogP) is 1.60. The Morgan fingerprint density at radius 2 is 2.16 bits per heavy atom. The van der Waals surface area contributed by atoms with E-state index in [1.165, 1.54) is 0 Å². The molecular formula is C13H24N4O2. The number of carbonyl (C=O) groups is 1. The van der Waals surface area contributed by atoms with Crippen LogP contribution >= 0.6 is 0 Å². The number of urea groups is 1. The Morgan fingerprint density at radius 3 is 2.68 bits per heavy atom. The smallest absolute Gasteiger partial charge is 0.319 e. The number of aliphatic hydroxyl groups excluding tert-OH is 1. The van der Waals surface area contributed by atoms with Crippen LogP contribution in [0.2, 0.25) is 0 Å². The molecule has 108 valence electrons. The Morgan fingerprint density at radius 1 is 1.47 bits per heavy atom. The number of carbonyl (C=O) groups excluding carboxylic acids is 1. The van der Waals surface area contributed by atoms with Crippen molar-refractivity contribution in [3.8, 4) is 0 Å². The number of hydrogen-bond acceptors (Lipinski definition) is 3. The molecule has 0 spiro atoms. The molecule has 2 amide bonds. The topological polar surface area (TPSA) is 79.2 Å². The highest BCUT2D eigenvalue weighted by Gasteiger charge is 2.13. The zero-order valence-electron chi connectivity index (χ0n) is 12.1. The van der Waals surface area contributed by atoms with Crippen LogP contribution in [0.25, 0.3) is 0 Å². The second-order valence-corrected chi connectivity index (χ2v) is 5.12. The van der Waals surface area contributed by atoms with E-state index in [0.29, 0.717) is 5.92 Å². The molecule has 0 aromatic carbocycles. The summed E-state index contributed by atoms with van der Waals surface area (Å²) in [5.74, 6) is 0.501. The van der Waals surface area contributed by atoms with E-state index in [1.807, 2.05) is 11.6 Å². The number of anilines is 1. The van der Waals surface area contributed by atoms with Gasteiger partial charge in [0, 0.05) is 6.54 Å². The third kappa shape index (κ3) is 4.55. The Balaban J connectivity index is 2.73. The highest BCUT2D eigenvalue weighted by Crippen LogP contribution is 2.17. The van der Waals surface area contributed by atoms with Crippen molar-refractivity contribution in [2.45, 2.75) is 46.7 Å². The molecule has 6 nitrogen and oxygen atoms in total. The maximum atomic E-state index is 11.7. The number of aromatic nitrogens is 2. The number of amides is 2. The van der Waals surface area contributed by atoms with Gasteiger partial charge in [0.25, 0.3) is 0 Å². The molecule has 0 fully saturated rings. The molecule has 0 saturated carbocycles. The van der Waals surface area contributed by atoms with Crippen molar-refractivity contribution in [2.24, 2.45) is 5.92 Å². The maximum absolute atomic E-state index is 11.7. The first-order valence-corrected chi connectivity index (χ1v) is 6.70. The van der Waals surface area contributed by atoms with Gasteiger partial charge in [0.15, 0.2) is 0 Å². The number of nitrogens with zero attached hydrogens (tertiary/aromatic N) is 2. The van der Waals surface area contributed by atoms with Gasteiger partial charge in [0.1, 0.15) is 0 Å². The van der Waals surface area contributed by atoms with Gasteiger partial charge in [-0.2, -0.15) is 5.10 Å². The van der Waals surface area contributed by atoms with Gasteiger partial charge in [-0.05, 0) is 19.3 Å². The predicted molar refractivity (Wildman–Crippen MR) is 75.1 cm³/mol. The van der Waals surface area contributed by atoms with Crippen LogP contribution in [0, 0.1) is 5.92 Å². The standard InChI is InChI=1S/C13H24N4O2/c1-5-12-11(6-14-17(12)7-9(2)3)16-13(19)15-10(4)8-18/h6,9-10,18H,5,7-8H2,1-4H3,(H2,15,16,19). The molecule has 0 radical (unpaired) electrons. The van der Waals surface area contributed by atoms with Crippen LogP contribution < -0.4 is 10.6 Å². The third-order valence-corrected chi connectivity index (χ3v) is 2.72. The summed E-state index contributed by atoms with van der Waals surface area (Å²) in [5.41, 5.74) is 1.74. The Bertz CT molecular complexity index is 415. The van der Waals surface area contributed by atoms with Crippen molar-refractivity contribution in [3.63, 3.8) is 0 Å². The Kier molecular flexibility index (Phi) is 5.82. The molecule has 0 aliphatic carbocycles. The second kappa shape index (κ2) is 7.13. The molecule has 6 heteroatoms. The van der Waals surface area contributed by atoms with Crippen molar-refractivity contribution in [1.82, 2.24) is 15.1 Å². The van der Waals surface area contributed by atoms with Crippen molar-refractivity contribution in [2.75, 3.05) is 11.9 Å². The first kappa shape index (κ1) is 15.5. The number of rotatable bonds is 6. The van der Waals surface area contributed by atoms with Gasteiger partial charge in [-0.1, -0.05) is 20.8 Å². The highest BCUT2D eigenvalue weighted by molar-refractivity contribution is 5.89. The first-order chi connectivity index (χ1) is 8.97. The molecule has 19 heavy (non-hydrogen) atoms. The van der Waals surface area contributed by atoms with E-state index in [1.54, 1.807) is 13.1 Å². The van der Waals surface area contributed by atoms with Gasteiger partial charge in [0.05, 0.1) is 30.2 Å². The molecule has 0 bridgehead atoms. The SMILES string of the molecule is CCc1c(NC(=O)NC(C)CO)cnn1CC(C)C. The Labute approximate surface area is 114 Å². The lowest BCUT2D eigenvalue weighted by Gasteiger charge is -2.13. The van der Waals surface area contributed by atoms with Crippen LogP contribution in [0.3, 0.4) is 0 Å². The largest absolute Gasteiger partial charge is 0.394 e. The van der Waals surface area contributed by atoms with E-state index in [0.717, 1.165) is 24.3 Å². The third-order valence-electron chi connectivity index (χ3n) is 2.72. The quantitative estimate of drug-likeness (QED) is 0.733. The molecule has 1 unspecified atom stereocenters. The normalized spacial score (nSPS) is 12.5. The molecular weight excluding hydrogens is 244 g/mol. The second-order valence-electron chi connectivity index (χ2n) is 5.12. The first-order valence-electron chi connectivity index (χ1n) is 6.70. The van der Waals surface area contributed by atoms with Gasteiger partial charge in [-0.25, -0.2) is 4.79 Å². The van der Waals surface area contributed by atoms with E-state index in [4.69, 9.17) is 5.11 Å². The molecule has 1 heterocycles. The number of nitrogens with one attached hydrogen (secondary N) is 2. The van der Waals surface area contributed by atoms with Gasteiger partial charge in [0.2, 0.25) is 0 Å². The fourth-order valence-electron chi connectivity index (χ4n) is 1.82. The van der Waals surface area contributed by atoms with Crippen LogP contribution in [0.4, 0.5) is 10.5 Å². The lowest BCUT2D eigenvalue weighted by molar-refractivity contribution is 0.229. The summed E-state index contributed by atoms with van der Waals surface area (Å²) in [7, 11) is 0. The van der Waals surface area contributed by atoms with Crippen LogP contribution in [0.1, 0.15) is 33.4 Å². The van der Waals surface area contributed by atoms with E-state index in [9.17, 15) is 4.79 Å². The summed E-state index contributed by atoms with van der Waals surface area (Å²) in [4.78, 5) is 11.7. The monoisotopic (exact) mass is 268 g/mol. The van der Waals surface area contributed by atoms with Crippen molar-refractivity contribution in [3.05, 3.63) is 11.9 Å². The molecule has 0 aliphatic rings. The summed E-state index contributed by atoms with van der Waals surface area (Å²) in [6.45, 7) is 8.78. The van der Waals surface area contributed by atoms with E-state index >= 15 is 0 Å².